The first kappa shape index (κ1) is 11.4. The number of hydrogen-bond donors (Lipinski definition) is 1. The first-order chi connectivity index (χ1) is 7.06. The van der Waals surface area contributed by atoms with E-state index in [4.69, 9.17) is 5.73 Å². The molecule has 0 radical (unpaired) electrons. The van der Waals surface area contributed by atoms with Crippen molar-refractivity contribution < 1.29 is 0 Å². The van der Waals surface area contributed by atoms with Crippen LogP contribution in [0.3, 0.4) is 0 Å². The van der Waals surface area contributed by atoms with E-state index in [1.807, 2.05) is 0 Å². The summed E-state index contributed by atoms with van der Waals surface area (Å²) >= 11 is 0. The third-order valence-corrected chi connectivity index (χ3v) is 4.46. The Balaban J connectivity index is 2.06. The molecule has 0 amide bonds. The van der Waals surface area contributed by atoms with E-state index in [2.05, 4.69) is 25.7 Å². The molecule has 0 aromatic carbocycles. The monoisotopic (exact) mass is 210 g/mol. The van der Waals surface area contributed by atoms with Crippen LogP contribution < -0.4 is 5.73 Å². The van der Waals surface area contributed by atoms with Gasteiger partial charge in [-0.3, -0.25) is 4.90 Å². The zero-order chi connectivity index (χ0) is 11.1. The normalized spacial score (nSPS) is 37.6. The van der Waals surface area contributed by atoms with Gasteiger partial charge < -0.3 is 5.73 Å². The molecule has 2 rings (SSSR count). The predicted octanol–water partition coefficient (Wildman–Crippen LogP) is 2.09. The zero-order valence-electron chi connectivity index (χ0n) is 10.5. The molecule has 88 valence electrons. The zero-order valence-corrected chi connectivity index (χ0v) is 10.5. The molecule has 0 spiro atoms. The number of nitrogens with two attached hydrogens (primary N) is 1. The van der Waals surface area contributed by atoms with Crippen LogP contribution >= 0.6 is 0 Å². The fourth-order valence-corrected chi connectivity index (χ4v) is 3.34. The Kier molecular flexibility index (Phi) is 3.09. The number of piperidine rings is 1. The van der Waals surface area contributed by atoms with Gasteiger partial charge in [0.2, 0.25) is 0 Å². The second-order valence-corrected chi connectivity index (χ2v) is 6.19. The molecule has 1 saturated heterocycles. The Morgan fingerprint density at radius 1 is 1.20 bits per heavy atom. The summed E-state index contributed by atoms with van der Waals surface area (Å²) in [7, 11) is 0. The molecule has 3 unspecified atom stereocenters. The molecular formula is C13H26N2. The highest BCUT2D eigenvalue weighted by Crippen LogP contribution is 2.44. The van der Waals surface area contributed by atoms with Gasteiger partial charge in [0.15, 0.2) is 0 Å². The van der Waals surface area contributed by atoms with E-state index in [-0.39, 0.29) is 0 Å². The molecule has 2 heteroatoms. The molecule has 2 aliphatic rings. The van der Waals surface area contributed by atoms with Crippen molar-refractivity contribution in [2.75, 3.05) is 19.6 Å². The quantitative estimate of drug-likeness (QED) is 0.773. The van der Waals surface area contributed by atoms with Crippen LogP contribution in [0.15, 0.2) is 0 Å². The maximum absolute atomic E-state index is 6.03. The number of rotatable bonds is 3. The Bertz CT molecular complexity index is 215. The molecule has 2 N–H and O–H groups in total. The van der Waals surface area contributed by atoms with Crippen LogP contribution in [0.2, 0.25) is 0 Å². The van der Waals surface area contributed by atoms with Gasteiger partial charge in [-0.15, -0.1) is 0 Å². The molecule has 1 aliphatic heterocycles. The molecule has 0 aromatic rings. The summed E-state index contributed by atoms with van der Waals surface area (Å²) in [5, 5.41) is 0. The van der Waals surface area contributed by atoms with Crippen molar-refractivity contribution >= 4 is 0 Å². The maximum Gasteiger partial charge on any atom is 0.0331 e. The molecule has 1 saturated carbocycles. The summed E-state index contributed by atoms with van der Waals surface area (Å²) < 4.78 is 0. The molecule has 15 heavy (non-hydrogen) atoms. The van der Waals surface area contributed by atoms with Crippen molar-refractivity contribution in [3.05, 3.63) is 0 Å². The number of nitrogens with zero attached hydrogens (tertiary/aromatic N) is 1. The number of hydrogen-bond acceptors (Lipinski definition) is 2. The SMILES string of the molecule is CC1CC(C)CN(C(C)(CN)C2CC2)C1. The smallest absolute Gasteiger partial charge is 0.0331 e. The van der Waals surface area contributed by atoms with Crippen LogP contribution in [-0.2, 0) is 0 Å². The third-order valence-electron chi connectivity index (χ3n) is 4.46. The summed E-state index contributed by atoms with van der Waals surface area (Å²) in [5.74, 6) is 2.57. The van der Waals surface area contributed by atoms with Crippen molar-refractivity contribution in [2.45, 2.75) is 45.6 Å². The van der Waals surface area contributed by atoms with Gasteiger partial charge in [0.25, 0.3) is 0 Å². The lowest BCUT2D eigenvalue weighted by Crippen LogP contribution is -2.57. The topological polar surface area (TPSA) is 29.3 Å². The summed E-state index contributed by atoms with van der Waals surface area (Å²) in [5.41, 5.74) is 6.32. The fraction of sp³-hybridized carbons (Fsp3) is 1.00. The maximum atomic E-state index is 6.03. The van der Waals surface area contributed by atoms with Crippen molar-refractivity contribution in [1.29, 1.82) is 0 Å². The molecule has 1 aliphatic carbocycles. The minimum atomic E-state index is 0.295. The average molecular weight is 210 g/mol. The van der Waals surface area contributed by atoms with Crippen LogP contribution in [-0.4, -0.2) is 30.1 Å². The lowest BCUT2D eigenvalue weighted by atomic mass is 9.85. The fourth-order valence-electron chi connectivity index (χ4n) is 3.34. The van der Waals surface area contributed by atoms with Gasteiger partial charge in [-0.2, -0.15) is 0 Å². The van der Waals surface area contributed by atoms with Crippen molar-refractivity contribution in [3.63, 3.8) is 0 Å². The molecule has 2 fully saturated rings. The van der Waals surface area contributed by atoms with Gasteiger partial charge in [-0.05, 0) is 43.9 Å². The first-order valence-corrected chi connectivity index (χ1v) is 6.51. The van der Waals surface area contributed by atoms with Gasteiger partial charge in [-0.25, -0.2) is 0 Å². The predicted molar refractivity (Wildman–Crippen MR) is 64.7 cm³/mol. The van der Waals surface area contributed by atoms with Crippen LogP contribution in [0, 0.1) is 17.8 Å². The summed E-state index contributed by atoms with van der Waals surface area (Å²) in [4.78, 5) is 2.68. The molecule has 0 aromatic heterocycles. The van der Waals surface area contributed by atoms with E-state index < -0.39 is 0 Å². The van der Waals surface area contributed by atoms with Crippen molar-refractivity contribution in [3.8, 4) is 0 Å². The molecule has 3 atom stereocenters. The molecule has 0 bridgehead atoms. The second-order valence-electron chi connectivity index (χ2n) is 6.19. The van der Waals surface area contributed by atoms with Crippen molar-refractivity contribution in [2.24, 2.45) is 23.5 Å². The first-order valence-electron chi connectivity index (χ1n) is 6.51. The highest BCUT2D eigenvalue weighted by atomic mass is 15.2. The van der Waals surface area contributed by atoms with Gasteiger partial charge in [0, 0.05) is 25.2 Å². The molecule has 1 heterocycles. The Morgan fingerprint density at radius 3 is 2.13 bits per heavy atom. The average Bonchev–Trinajstić information content (AvgIpc) is 2.98. The second kappa shape index (κ2) is 4.06. The Labute approximate surface area is 94.2 Å². The third kappa shape index (κ3) is 2.21. The molecule has 2 nitrogen and oxygen atoms in total. The lowest BCUT2D eigenvalue weighted by Gasteiger charge is -2.47. The van der Waals surface area contributed by atoms with E-state index in [9.17, 15) is 0 Å². The Morgan fingerprint density at radius 2 is 1.73 bits per heavy atom. The molecular weight excluding hydrogens is 184 g/mol. The van der Waals surface area contributed by atoms with Gasteiger partial charge >= 0.3 is 0 Å². The highest BCUT2D eigenvalue weighted by molar-refractivity contribution is 5.01. The van der Waals surface area contributed by atoms with Gasteiger partial charge in [-0.1, -0.05) is 13.8 Å². The van der Waals surface area contributed by atoms with Gasteiger partial charge in [0.1, 0.15) is 0 Å². The standard InChI is InChI=1S/C13H26N2/c1-10-6-11(2)8-15(7-10)13(3,9-14)12-4-5-12/h10-12H,4-9,14H2,1-3H3. The number of likely N-dealkylation sites (tertiary alicyclic amines) is 1. The van der Waals surface area contributed by atoms with E-state index in [1.54, 1.807) is 0 Å². The minimum absolute atomic E-state index is 0.295. The van der Waals surface area contributed by atoms with E-state index in [0.29, 0.717) is 5.54 Å². The van der Waals surface area contributed by atoms with Crippen LogP contribution in [0.5, 0.6) is 0 Å². The van der Waals surface area contributed by atoms with Crippen molar-refractivity contribution in [1.82, 2.24) is 4.90 Å². The summed E-state index contributed by atoms with van der Waals surface area (Å²) in [6.07, 6.45) is 4.18. The van der Waals surface area contributed by atoms with Crippen LogP contribution in [0.4, 0.5) is 0 Å². The van der Waals surface area contributed by atoms with E-state index in [0.717, 1.165) is 24.3 Å². The van der Waals surface area contributed by atoms with Crippen LogP contribution in [0.25, 0.3) is 0 Å². The minimum Gasteiger partial charge on any atom is -0.329 e. The summed E-state index contributed by atoms with van der Waals surface area (Å²) in [6, 6.07) is 0. The van der Waals surface area contributed by atoms with Crippen LogP contribution in [0.1, 0.15) is 40.0 Å². The van der Waals surface area contributed by atoms with Gasteiger partial charge in [0.05, 0.1) is 0 Å². The largest absolute Gasteiger partial charge is 0.329 e. The highest BCUT2D eigenvalue weighted by Gasteiger charge is 2.46. The summed E-state index contributed by atoms with van der Waals surface area (Å²) in [6.45, 7) is 10.5. The Hall–Kier alpha value is -0.0800. The van der Waals surface area contributed by atoms with E-state index in [1.165, 1.54) is 32.4 Å². The van der Waals surface area contributed by atoms with E-state index >= 15 is 0 Å². The lowest BCUT2D eigenvalue weighted by molar-refractivity contribution is 0.0260.